The fraction of sp³-hybridized carbons (Fsp3) is 0.381. The molecule has 0 saturated carbocycles. The predicted octanol–water partition coefficient (Wildman–Crippen LogP) is 4.78. The van der Waals surface area contributed by atoms with E-state index >= 15 is 0 Å². The van der Waals surface area contributed by atoms with Crippen LogP contribution in [0.3, 0.4) is 0 Å². The van der Waals surface area contributed by atoms with Gasteiger partial charge in [-0.3, -0.25) is 4.90 Å². The lowest BCUT2D eigenvalue weighted by atomic mass is 10.0. The van der Waals surface area contributed by atoms with E-state index in [1.54, 1.807) is 7.11 Å². The molecular weight excluding hydrogens is 378 g/mol. The van der Waals surface area contributed by atoms with Gasteiger partial charge in [-0.2, -0.15) is 0 Å². The number of halogens is 1. The van der Waals surface area contributed by atoms with Gasteiger partial charge in [0.1, 0.15) is 5.75 Å². The van der Waals surface area contributed by atoms with E-state index in [4.69, 9.17) is 28.6 Å². The lowest BCUT2D eigenvalue weighted by Crippen LogP contribution is -2.38. The Hall–Kier alpha value is -1.82. The van der Waals surface area contributed by atoms with Crippen molar-refractivity contribution in [2.45, 2.75) is 25.8 Å². The number of nitrogens with one attached hydrogen (secondary N) is 2. The standard InChI is InChI=1S/C21H26ClN3OS/c1-15-9-10-16(13-18(15)22)24-21(27)23-14-19(25-11-5-6-12-25)17-7-3-4-8-20(17)26-2/h3-4,7-10,13,19H,5-6,11-12,14H2,1-2H3,(H2,23,24,27). The molecule has 1 aliphatic rings. The second kappa shape index (κ2) is 9.40. The minimum atomic E-state index is 0.213. The highest BCUT2D eigenvalue weighted by molar-refractivity contribution is 7.80. The van der Waals surface area contributed by atoms with Crippen LogP contribution in [0.4, 0.5) is 5.69 Å². The van der Waals surface area contributed by atoms with Crippen LogP contribution in [0, 0.1) is 6.92 Å². The van der Waals surface area contributed by atoms with Crippen molar-refractivity contribution in [1.82, 2.24) is 10.2 Å². The van der Waals surface area contributed by atoms with E-state index in [0.717, 1.165) is 35.1 Å². The highest BCUT2D eigenvalue weighted by atomic mass is 35.5. The molecule has 0 bridgehead atoms. The number of benzene rings is 2. The Morgan fingerprint density at radius 2 is 1.96 bits per heavy atom. The van der Waals surface area contributed by atoms with Crippen LogP contribution in [-0.2, 0) is 0 Å². The first kappa shape index (κ1) is 19.9. The van der Waals surface area contributed by atoms with Gasteiger partial charge in [0.2, 0.25) is 0 Å². The first-order valence-electron chi connectivity index (χ1n) is 9.26. The summed E-state index contributed by atoms with van der Waals surface area (Å²) in [5, 5.41) is 7.91. The van der Waals surface area contributed by atoms with E-state index in [-0.39, 0.29) is 6.04 Å². The fourth-order valence-corrected chi connectivity index (χ4v) is 3.85. The summed E-state index contributed by atoms with van der Waals surface area (Å²) in [4.78, 5) is 2.50. The van der Waals surface area contributed by atoms with Crippen LogP contribution in [0.1, 0.15) is 30.0 Å². The number of nitrogens with zero attached hydrogens (tertiary/aromatic N) is 1. The molecule has 1 aliphatic heterocycles. The van der Waals surface area contributed by atoms with E-state index in [2.05, 4.69) is 27.7 Å². The largest absolute Gasteiger partial charge is 0.496 e. The molecule has 1 atom stereocenters. The molecule has 1 unspecified atom stereocenters. The van der Waals surface area contributed by atoms with E-state index in [1.165, 1.54) is 18.4 Å². The van der Waals surface area contributed by atoms with Crippen molar-refractivity contribution in [3.05, 3.63) is 58.6 Å². The molecule has 1 saturated heterocycles. The van der Waals surface area contributed by atoms with Crippen molar-refractivity contribution in [3.8, 4) is 5.75 Å². The Balaban J connectivity index is 1.68. The maximum atomic E-state index is 6.20. The Morgan fingerprint density at radius 1 is 1.22 bits per heavy atom. The molecule has 2 aromatic rings. The predicted molar refractivity (Wildman–Crippen MR) is 117 cm³/mol. The molecular formula is C21H26ClN3OS. The molecule has 1 heterocycles. The number of likely N-dealkylation sites (tertiary alicyclic amines) is 1. The van der Waals surface area contributed by atoms with Crippen LogP contribution >= 0.6 is 23.8 Å². The summed E-state index contributed by atoms with van der Waals surface area (Å²) in [5.41, 5.74) is 3.13. The van der Waals surface area contributed by atoms with Gasteiger partial charge in [-0.05, 0) is 68.8 Å². The maximum Gasteiger partial charge on any atom is 0.170 e. The molecule has 3 rings (SSSR count). The SMILES string of the molecule is COc1ccccc1C(CNC(=S)Nc1ccc(C)c(Cl)c1)N1CCCC1. The van der Waals surface area contributed by atoms with Gasteiger partial charge in [-0.1, -0.05) is 35.9 Å². The van der Waals surface area contributed by atoms with Gasteiger partial charge in [0.25, 0.3) is 0 Å². The van der Waals surface area contributed by atoms with Crippen LogP contribution in [0.25, 0.3) is 0 Å². The van der Waals surface area contributed by atoms with Crippen molar-refractivity contribution in [1.29, 1.82) is 0 Å². The number of ether oxygens (including phenoxy) is 1. The number of aryl methyl sites for hydroxylation is 1. The van der Waals surface area contributed by atoms with E-state index in [9.17, 15) is 0 Å². The molecule has 0 radical (unpaired) electrons. The third kappa shape index (κ3) is 5.12. The van der Waals surface area contributed by atoms with Crippen LogP contribution in [0.2, 0.25) is 5.02 Å². The molecule has 0 spiro atoms. The highest BCUT2D eigenvalue weighted by Crippen LogP contribution is 2.31. The summed E-state index contributed by atoms with van der Waals surface area (Å²) >= 11 is 11.7. The molecule has 4 nitrogen and oxygen atoms in total. The summed E-state index contributed by atoms with van der Waals surface area (Å²) in [5.74, 6) is 0.917. The molecule has 27 heavy (non-hydrogen) atoms. The topological polar surface area (TPSA) is 36.5 Å². The van der Waals surface area contributed by atoms with Gasteiger partial charge in [-0.25, -0.2) is 0 Å². The second-order valence-electron chi connectivity index (χ2n) is 6.80. The smallest absolute Gasteiger partial charge is 0.170 e. The summed E-state index contributed by atoms with van der Waals surface area (Å²) in [6.45, 7) is 4.89. The minimum Gasteiger partial charge on any atom is -0.496 e. The molecule has 1 fully saturated rings. The maximum absolute atomic E-state index is 6.20. The number of para-hydroxylation sites is 1. The van der Waals surface area contributed by atoms with Crippen molar-refractivity contribution in [2.75, 3.05) is 32.1 Å². The molecule has 144 valence electrons. The first-order chi connectivity index (χ1) is 13.1. The number of thiocarbonyl (C=S) groups is 1. The lowest BCUT2D eigenvalue weighted by Gasteiger charge is -2.29. The summed E-state index contributed by atoms with van der Waals surface area (Å²) in [6, 6.07) is 14.3. The fourth-order valence-electron chi connectivity index (χ4n) is 3.47. The average Bonchev–Trinajstić information content (AvgIpc) is 3.20. The van der Waals surface area contributed by atoms with Gasteiger partial charge >= 0.3 is 0 Å². The van der Waals surface area contributed by atoms with Gasteiger partial charge < -0.3 is 15.4 Å². The molecule has 2 aromatic carbocycles. The van der Waals surface area contributed by atoms with Gasteiger partial charge in [0.05, 0.1) is 13.2 Å². The normalized spacial score (nSPS) is 15.4. The van der Waals surface area contributed by atoms with E-state index in [0.29, 0.717) is 11.7 Å². The van der Waals surface area contributed by atoms with Crippen molar-refractivity contribution in [2.24, 2.45) is 0 Å². The Labute approximate surface area is 171 Å². The summed E-state index contributed by atoms with van der Waals surface area (Å²) in [7, 11) is 1.72. The van der Waals surface area contributed by atoms with Crippen molar-refractivity contribution in [3.63, 3.8) is 0 Å². The summed E-state index contributed by atoms with van der Waals surface area (Å²) < 4.78 is 5.60. The lowest BCUT2D eigenvalue weighted by molar-refractivity contribution is 0.240. The zero-order valence-corrected chi connectivity index (χ0v) is 17.4. The second-order valence-corrected chi connectivity index (χ2v) is 7.62. The van der Waals surface area contributed by atoms with Gasteiger partial charge in [0, 0.05) is 22.8 Å². The molecule has 0 aromatic heterocycles. The van der Waals surface area contributed by atoms with Crippen molar-refractivity contribution >= 4 is 34.6 Å². The third-order valence-corrected chi connectivity index (χ3v) is 5.62. The third-order valence-electron chi connectivity index (χ3n) is 4.97. The van der Waals surface area contributed by atoms with Crippen LogP contribution < -0.4 is 15.4 Å². The van der Waals surface area contributed by atoms with Crippen LogP contribution in [0.15, 0.2) is 42.5 Å². The Morgan fingerprint density at radius 3 is 2.67 bits per heavy atom. The number of hydrogen-bond acceptors (Lipinski definition) is 3. The Bertz CT molecular complexity index is 793. The number of methoxy groups -OCH3 is 1. The quantitative estimate of drug-likeness (QED) is 0.679. The Kier molecular flexibility index (Phi) is 6.94. The molecule has 0 amide bonds. The number of hydrogen-bond donors (Lipinski definition) is 2. The molecule has 0 aliphatic carbocycles. The zero-order chi connectivity index (χ0) is 19.2. The summed E-state index contributed by atoms with van der Waals surface area (Å²) in [6.07, 6.45) is 2.46. The molecule has 2 N–H and O–H groups in total. The van der Waals surface area contributed by atoms with E-state index in [1.807, 2.05) is 37.3 Å². The average molecular weight is 404 g/mol. The number of anilines is 1. The van der Waals surface area contributed by atoms with Crippen molar-refractivity contribution < 1.29 is 4.74 Å². The zero-order valence-electron chi connectivity index (χ0n) is 15.8. The van der Waals surface area contributed by atoms with Crippen LogP contribution in [0.5, 0.6) is 5.75 Å². The van der Waals surface area contributed by atoms with Crippen LogP contribution in [-0.4, -0.2) is 36.8 Å². The monoisotopic (exact) mass is 403 g/mol. The minimum absolute atomic E-state index is 0.213. The number of rotatable bonds is 6. The van der Waals surface area contributed by atoms with E-state index < -0.39 is 0 Å². The van der Waals surface area contributed by atoms with Gasteiger partial charge in [-0.15, -0.1) is 0 Å². The highest BCUT2D eigenvalue weighted by Gasteiger charge is 2.25. The first-order valence-corrected chi connectivity index (χ1v) is 10.0. The van der Waals surface area contributed by atoms with Gasteiger partial charge in [0.15, 0.2) is 5.11 Å². The molecule has 6 heteroatoms.